The van der Waals surface area contributed by atoms with E-state index in [2.05, 4.69) is 5.32 Å². The number of carbonyl (C=O) groups excluding carboxylic acids is 1. The molecule has 0 bridgehead atoms. The molecule has 1 atom stereocenters. The van der Waals surface area contributed by atoms with Crippen molar-refractivity contribution in [2.24, 2.45) is 0 Å². The lowest BCUT2D eigenvalue weighted by Crippen LogP contribution is -2.30. The van der Waals surface area contributed by atoms with Gasteiger partial charge < -0.3 is 19.9 Å². The van der Waals surface area contributed by atoms with E-state index in [0.29, 0.717) is 22.2 Å². The summed E-state index contributed by atoms with van der Waals surface area (Å²) in [5.74, 6) is -0.477. The van der Waals surface area contributed by atoms with Crippen LogP contribution >= 0.6 is 11.6 Å². The molecule has 0 aliphatic carbocycles. The molecule has 1 amide bonds. The van der Waals surface area contributed by atoms with Crippen molar-refractivity contribution >= 4 is 29.2 Å². The van der Waals surface area contributed by atoms with Crippen molar-refractivity contribution < 1.29 is 24.2 Å². The monoisotopic (exact) mass is 349 g/mol. The normalized spacial score (nSPS) is 11.4. The first kappa shape index (κ1) is 17.6. The van der Waals surface area contributed by atoms with Gasteiger partial charge in [0.05, 0.1) is 0 Å². The Morgan fingerprint density at radius 2 is 1.88 bits per heavy atom. The summed E-state index contributed by atoms with van der Waals surface area (Å²) in [6, 6.07) is 13.2. The Labute approximate surface area is 144 Å². The first-order valence-electron chi connectivity index (χ1n) is 7.12. The van der Waals surface area contributed by atoms with Gasteiger partial charge in [0.2, 0.25) is 0 Å². The second kappa shape index (κ2) is 8.21. The highest BCUT2D eigenvalue weighted by molar-refractivity contribution is 6.30. The van der Waals surface area contributed by atoms with Crippen molar-refractivity contribution in [1.29, 1.82) is 0 Å². The Morgan fingerprint density at radius 1 is 1.17 bits per heavy atom. The van der Waals surface area contributed by atoms with Gasteiger partial charge in [-0.15, -0.1) is 0 Å². The number of amides is 1. The van der Waals surface area contributed by atoms with Crippen molar-refractivity contribution in [1.82, 2.24) is 0 Å². The fraction of sp³-hybridized carbons (Fsp3) is 0.176. The molecular formula is C17H16ClNO5. The van der Waals surface area contributed by atoms with Crippen LogP contribution in [-0.2, 0) is 9.59 Å². The first-order valence-corrected chi connectivity index (χ1v) is 7.49. The fourth-order valence-corrected chi connectivity index (χ4v) is 2.00. The van der Waals surface area contributed by atoms with Gasteiger partial charge in [0.25, 0.3) is 5.91 Å². The summed E-state index contributed by atoms with van der Waals surface area (Å²) in [6.45, 7) is 1.21. The molecule has 6 nitrogen and oxygen atoms in total. The van der Waals surface area contributed by atoms with Gasteiger partial charge in [-0.2, -0.15) is 0 Å². The molecule has 0 radical (unpaired) electrons. The topological polar surface area (TPSA) is 84.9 Å². The van der Waals surface area contributed by atoms with Crippen molar-refractivity contribution in [2.45, 2.75) is 13.0 Å². The predicted molar refractivity (Wildman–Crippen MR) is 89.7 cm³/mol. The molecule has 0 aliphatic rings. The van der Waals surface area contributed by atoms with Gasteiger partial charge >= 0.3 is 5.97 Å². The Hall–Kier alpha value is -2.73. The maximum Gasteiger partial charge on any atom is 0.341 e. The molecule has 0 saturated carbocycles. The maximum atomic E-state index is 12.1. The van der Waals surface area contributed by atoms with Crippen molar-refractivity contribution in [3.63, 3.8) is 0 Å². The van der Waals surface area contributed by atoms with Crippen LogP contribution in [0.5, 0.6) is 11.5 Å². The standard InChI is InChI=1S/C17H16ClNO5/c1-11(24-15-4-2-3-12(18)9-15)17(22)19-13-5-7-14(8-6-13)23-10-16(20)21/h2-9,11H,10H2,1H3,(H,19,22)(H,20,21)/t11-/m1/s1. The molecule has 24 heavy (non-hydrogen) atoms. The SMILES string of the molecule is C[C@@H](Oc1cccc(Cl)c1)C(=O)Nc1ccc(OCC(=O)O)cc1. The lowest BCUT2D eigenvalue weighted by atomic mass is 10.2. The quantitative estimate of drug-likeness (QED) is 0.801. The van der Waals surface area contributed by atoms with Gasteiger partial charge in [0, 0.05) is 10.7 Å². The summed E-state index contributed by atoms with van der Waals surface area (Å²) in [5.41, 5.74) is 0.546. The van der Waals surface area contributed by atoms with Crippen LogP contribution in [0, 0.1) is 0 Å². The molecule has 0 heterocycles. The zero-order valence-corrected chi connectivity index (χ0v) is 13.6. The van der Waals surface area contributed by atoms with Gasteiger partial charge in [-0.05, 0) is 49.4 Å². The molecule has 126 valence electrons. The Balaban J connectivity index is 1.90. The Bertz CT molecular complexity index is 717. The highest BCUT2D eigenvalue weighted by Crippen LogP contribution is 2.19. The van der Waals surface area contributed by atoms with E-state index in [9.17, 15) is 9.59 Å². The minimum Gasteiger partial charge on any atom is -0.482 e. The highest BCUT2D eigenvalue weighted by Gasteiger charge is 2.15. The summed E-state index contributed by atoms with van der Waals surface area (Å²) in [5, 5.41) is 11.8. The number of ether oxygens (including phenoxy) is 2. The average molecular weight is 350 g/mol. The third-order valence-corrected chi connectivity index (χ3v) is 3.20. The van der Waals surface area contributed by atoms with Crippen molar-refractivity contribution in [2.75, 3.05) is 11.9 Å². The van der Waals surface area contributed by atoms with Gasteiger partial charge in [-0.25, -0.2) is 4.79 Å². The molecule has 2 aromatic rings. The van der Waals surface area contributed by atoms with Crippen LogP contribution in [0.25, 0.3) is 0 Å². The van der Waals surface area contributed by atoms with Crippen LogP contribution in [0.15, 0.2) is 48.5 Å². The summed E-state index contributed by atoms with van der Waals surface area (Å²) in [4.78, 5) is 22.6. The van der Waals surface area contributed by atoms with Crippen LogP contribution in [0.3, 0.4) is 0 Å². The van der Waals surface area contributed by atoms with Crippen molar-refractivity contribution in [3.05, 3.63) is 53.6 Å². The first-order chi connectivity index (χ1) is 11.4. The number of carbonyl (C=O) groups is 2. The van der Waals surface area contributed by atoms with Gasteiger partial charge in [-0.3, -0.25) is 4.79 Å². The van der Waals surface area contributed by atoms with E-state index in [1.54, 1.807) is 55.5 Å². The zero-order valence-electron chi connectivity index (χ0n) is 12.9. The third-order valence-electron chi connectivity index (χ3n) is 2.96. The van der Waals surface area contributed by atoms with Crippen LogP contribution in [0.1, 0.15) is 6.92 Å². The number of hydrogen-bond donors (Lipinski definition) is 2. The molecule has 0 aromatic heterocycles. The number of nitrogens with one attached hydrogen (secondary N) is 1. The molecule has 0 aliphatic heterocycles. The molecule has 0 unspecified atom stereocenters. The number of benzene rings is 2. The lowest BCUT2D eigenvalue weighted by molar-refractivity contribution is -0.139. The smallest absolute Gasteiger partial charge is 0.341 e. The van der Waals surface area contributed by atoms with Crippen LogP contribution in [0.2, 0.25) is 5.02 Å². The number of aliphatic carboxylic acids is 1. The summed E-state index contributed by atoms with van der Waals surface area (Å²) in [7, 11) is 0. The number of carboxylic acid groups (broad SMARTS) is 1. The highest BCUT2D eigenvalue weighted by atomic mass is 35.5. The Kier molecular flexibility index (Phi) is 6.03. The van der Waals surface area contributed by atoms with Gasteiger partial charge in [-0.1, -0.05) is 17.7 Å². The molecule has 2 rings (SSSR count). The molecular weight excluding hydrogens is 334 g/mol. The lowest BCUT2D eigenvalue weighted by Gasteiger charge is -2.15. The van der Waals surface area contributed by atoms with Gasteiger partial charge in [0.15, 0.2) is 12.7 Å². The van der Waals surface area contributed by atoms with E-state index in [0.717, 1.165) is 0 Å². The molecule has 2 aromatic carbocycles. The van der Waals surface area contributed by atoms with Crippen LogP contribution in [0.4, 0.5) is 5.69 Å². The number of carboxylic acids is 1. The third kappa shape index (κ3) is 5.48. The largest absolute Gasteiger partial charge is 0.482 e. The zero-order chi connectivity index (χ0) is 17.5. The number of anilines is 1. The van der Waals surface area contributed by atoms with Crippen molar-refractivity contribution in [3.8, 4) is 11.5 Å². The minimum absolute atomic E-state index is 0.325. The fourth-order valence-electron chi connectivity index (χ4n) is 1.82. The Morgan fingerprint density at radius 3 is 2.50 bits per heavy atom. The van der Waals surface area contributed by atoms with E-state index < -0.39 is 18.7 Å². The minimum atomic E-state index is -1.06. The number of halogens is 1. The van der Waals surface area contributed by atoms with Crippen LogP contribution in [-0.4, -0.2) is 29.7 Å². The predicted octanol–water partition coefficient (Wildman–Crippen LogP) is 3.21. The second-order valence-electron chi connectivity index (χ2n) is 4.91. The van der Waals surface area contributed by atoms with E-state index in [1.165, 1.54) is 0 Å². The van der Waals surface area contributed by atoms with E-state index in [4.69, 9.17) is 26.2 Å². The van der Waals surface area contributed by atoms with E-state index >= 15 is 0 Å². The molecule has 0 fully saturated rings. The summed E-state index contributed by atoms with van der Waals surface area (Å²) < 4.78 is 10.5. The molecule has 2 N–H and O–H groups in total. The summed E-state index contributed by atoms with van der Waals surface area (Å²) >= 11 is 5.87. The average Bonchev–Trinajstić information content (AvgIpc) is 2.54. The number of hydrogen-bond acceptors (Lipinski definition) is 4. The maximum absolute atomic E-state index is 12.1. The number of rotatable bonds is 7. The van der Waals surface area contributed by atoms with Gasteiger partial charge in [0.1, 0.15) is 11.5 Å². The van der Waals surface area contributed by atoms with Crippen LogP contribution < -0.4 is 14.8 Å². The molecule has 0 spiro atoms. The molecule has 0 saturated heterocycles. The van der Waals surface area contributed by atoms with E-state index in [-0.39, 0.29) is 5.91 Å². The second-order valence-corrected chi connectivity index (χ2v) is 5.35. The summed E-state index contributed by atoms with van der Waals surface area (Å²) in [6.07, 6.45) is -0.716. The van der Waals surface area contributed by atoms with E-state index in [1.807, 2.05) is 0 Å². The molecule has 7 heteroatoms.